The number of benzene rings is 2. The van der Waals surface area contributed by atoms with Gasteiger partial charge in [0.2, 0.25) is 0 Å². The van der Waals surface area contributed by atoms with E-state index in [9.17, 15) is 9.90 Å². The highest BCUT2D eigenvalue weighted by Crippen LogP contribution is 2.33. The van der Waals surface area contributed by atoms with Crippen molar-refractivity contribution in [2.24, 2.45) is 0 Å². The molecule has 0 aromatic heterocycles. The number of aliphatic hydroxyl groups is 1. The summed E-state index contributed by atoms with van der Waals surface area (Å²) in [4.78, 5) is 14.2. The van der Waals surface area contributed by atoms with Gasteiger partial charge in [0.15, 0.2) is 0 Å². The van der Waals surface area contributed by atoms with Crippen LogP contribution in [-0.2, 0) is 6.42 Å². The van der Waals surface area contributed by atoms with Crippen LogP contribution in [-0.4, -0.2) is 28.6 Å². The Labute approximate surface area is 124 Å². The number of rotatable bonds is 4. The highest BCUT2D eigenvalue weighted by atomic mass is 16.3. The van der Waals surface area contributed by atoms with Crippen LogP contribution < -0.4 is 0 Å². The zero-order chi connectivity index (χ0) is 14.8. The summed E-state index contributed by atoms with van der Waals surface area (Å²) < 4.78 is 0. The topological polar surface area (TPSA) is 40.5 Å². The molecular formula is C18H17NO2. The van der Waals surface area contributed by atoms with Crippen LogP contribution in [0.25, 0.3) is 5.70 Å². The fourth-order valence-electron chi connectivity index (χ4n) is 2.81. The molecule has 0 saturated carbocycles. The van der Waals surface area contributed by atoms with Gasteiger partial charge in [-0.15, -0.1) is 0 Å². The van der Waals surface area contributed by atoms with Gasteiger partial charge in [0.25, 0.3) is 5.91 Å². The molecule has 0 unspecified atom stereocenters. The third kappa shape index (κ3) is 2.36. The monoisotopic (exact) mass is 279 g/mol. The van der Waals surface area contributed by atoms with E-state index >= 15 is 0 Å². The van der Waals surface area contributed by atoms with E-state index in [0.717, 1.165) is 11.1 Å². The quantitative estimate of drug-likeness (QED) is 0.935. The van der Waals surface area contributed by atoms with Crippen LogP contribution in [0.1, 0.15) is 21.5 Å². The number of aliphatic hydroxyl groups excluding tert-OH is 1. The Hall–Kier alpha value is -2.39. The molecule has 1 aliphatic rings. The number of hydrogen-bond acceptors (Lipinski definition) is 2. The molecular weight excluding hydrogens is 262 g/mol. The lowest BCUT2D eigenvalue weighted by atomic mass is 10.0. The summed E-state index contributed by atoms with van der Waals surface area (Å²) in [6, 6.07) is 17.0. The minimum absolute atomic E-state index is 0.0782. The number of nitrogens with zero attached hydrogens (tertiary/aromatic N) is 1. The molecule has 21 heavy (non-hydrogen) atoms. The maximum atomic E-state index is 12.6. The predicted octanol–water partition coefficient (Wildman–Crippen LogP) is 2.72. The largest absolute Gasteiger partial charge is 0.394 e. The summed E-state index contributed by atoms with van der Waals surface area (Å²) in [6.45, 7) is 3.94. The fourth-order valence-corrected chi connectivity index (χ4v) is 2.81. The Balaban J connectivity index is 1.89. The molecule has 2 aromatic rings. The maximum Gasteiger partial charge on any atom is 0.259 e. The molecule has 3 nitrogen and oxygen atoms in total. The summed E-state index contributed by atoms with van der Waals surface area (Å²) in [5.74, 6) is -0.0782. The van der Waals surface area contributed by atoms with Crippen molar-refractivity contribution in [3.05, 3.63) is 77.9 Å². The number of carbonyl (C=O) groups excluding carboxylic acids is 1. The molecule has 0 saturated heterocycles. The Morgan fingerprint density at radius 3 is 2.24 bits per heavy atom. The van der Waals surface area contributed by atoms with E-state index in [1.165, 1.54) is 0 Å². The second kappa shape index (κ2) is 5.54. The molecule has 0 spiro atoms. The van der Waals surface area contributed by atoms with Gasteiger partial charge < -0.3 is 10.0 Å². The first-order chi connectivity index (χ1) is 10.2. The first-order valence-electron chi connectivity index (χ1n) is 6.99. The number of hydrogen-bond donors (Lipinski definition) is 1. The van der Waals surface area contributed by atoms with Crippen LogP contribution in [0.15, 0.2) is 61.2 Å². The van der Waals surface area contributed by atoms with Crippen molar-refractivity contribution in [1.29, 1.82) is 0 Å². The van der Waals surface area contributed by atoms with Crippen LogP contribution in [0.2, 0.25) is 0 Å². The lowest BCUT2D eigenvalue weighted by Crippen LogP contribution is -2.39. The van der Waals surface area contributed by atoms with Crippen molar-refractivity contribution in [3.63, 3.8) is 0 Å². The minimum atomic E-state index is -0.292. The third-order valence-electron chi connectivity index (χ3n) is 3.87. The van der Waals surface area contributed by atoms with Crippen molar-refractivity contribution >= 4 is 11.6 Å². The minimum Gasteiger partial charge on any atom is -0.394 e. The molecule has 1 amide bonds. The Morgan fingerprint density at radius 2 is 1.62 bits per heavy atom. The van der Waals surface area contributed by atoms with Gasteiger partial charge in [0.05, 0.1) is 12.6 Å². The Bertz CT molecular complexity index is 644. The highest BCUT2D eigenvalue weighted by molar-refractivity contribution is 6.09. The SMILES string of the molecule is C=C1c2ccccc2C(=O)N1[C@H](CO)Cc1ccccc1. The molecule has 0 aliphatic carbocycles. The first-order valence-corrected chi connectivity index (χ1v) is 6.99. The van der Waals surface area contributed by atoms with Crippen molar-refractivity contribution in [2.45, 2.75) is 12.5 Å². The van der Waals surface area contributed by atoms with Crippen LogP contribution in [0.5, 0.6) is 0 Å². The first kappa shape index (κ1) is 13.6. The summed E-state index contributed by atoms with van der Waals surface area (Å²) in [5, 5.41) is 9.73. The van der Waals surface area contributed by atoms with E-state index in [1.54, 1.807) is 11.0 Å². The van der Waals surface area contributed by atoms with E-state index in [4.69, 9.17) is 0 Å². The zero-order valence-corrected chi connectivity index (χ0v) is 11.7. The van der Waals surface area contributed by atoms with Crippen LogP contribution in [0.3, 0.4) is 0 Å². The van der Waals surface area contributed by atoms with Gasteiger partial charge in [0.1, 0.15) is 0 Å². The molecule has 2 aromatic carbocycles. The summed E-state index contributed by atoms with van der Waals surface area (Å²) >= 11 is 0. The summed E-state index contributed by atoms with van der Waals surface area (Å²) in [5.41, 5.74) is 3.28. The molecule has 0 radical (unpaired) electrons. The summed E-state index contributed by atoms with van der Waals surface area (Å²) in [7, 11) is 0. The average molecular weight is 279 g/mol. The molecule has 3 rings (SSSR count). The van der Waals surface area contributed by atoms with Gasteiger partial charge in [-0.05, 0) is 18.1 Å². The van der Waals surface area contributed by atoms with E-state index in [1.807, 2.05) is 48.5 Å². The zero-order valence-electron chi connectivity index (χ0n) is 11.7. The number of carbonyl (C=O) groups is 1. The van der Waals surface area contributed by atoms with Gasteiger partial charge in [-0.3, -0.25) is 4.79 Å². The van der Waals surface area contributed by atoms with Crippen molar-refractivity contribution in [2.75, 3.05) is 6.61 Å². The Morgan fingerprint density at radius 1 is 1.00 bits per heavy atom. The molecule has 0 bridgehead atoms. The van der Waals surface area contributed by atoms with Crippen LogP contribution in [0, 0.1) is 0 Å². The van der Waals surface area contributed by atoms with E-state index in [2.05, 4.69) is 6.58 Å². The van der Waals surface area contributed by atoms with Crippen molar-refractivity contribution < 1.29 is 9.90 Å². The van der Waals surface area contributed by atoms with E-state index < -0.39 is 0 Å². The maximum absolute atomic E-state index is 12.6. The molecule has 3 heteroatoms. The molecule has 1 heterocycles. The predicted molar refractivity (Wildman–Crippen MR) is 82.7 cm³/mol. The normalized spacial score (nSPS) is 15.2. The molecule has 1 atom stereocenters. The van der Waals surface area contributed by atoms with Gasteiger partial charge in [-0.25, -0.2) is 0 Å². The van der Waals surface area contributed by atoms with Gasteiger partial charge in [-0.2, -0.15) is 0 Å². The molecule has 1 N–H and O–H groups in total. The van der Waals surface area contributed by atoms with Crippen LogP contribution >= 0.6 is 0 Å². The fraction of sp³-hybridized carbons (Fsp3) is 0.167. The third-order valence-corrected chi connectivity index (χ3v) is 3.87. The second-order valence-corrected chi connectivity index (χ2v) is 5.19. The molecule has 1 aliphatic heterocycles. The molecule has 106 valence electrons. The lowest BCUT2D eigenvalue weighted by Gasteiger charge is -2.27. The Kier molecular flexibility index (Phi) is 3.59. The number of fused-ring (bicyclic) bond motifs is 1. The molecule has 0 fully saturated rings. The van der Waals surface area contributed by atoms with E-state index in [0.29, 0.717) is 17.7 Å². The lowest BCUT2D eigenvalue weighted by molar-refractivity contribution is 0.0749. The van der Waals surface area contributed by atoms with Crippen LogP contribution in [0.4, 0.5) is 0 Å². The van der Waals surface area contributed by atoms with Gasteiger partial charge in [-0.1, -0.05) is 55.1 Å². The van der Waals surface area contributed by atoms with Crippen molar-refractivity contribution in [1.82, 2.24) is 4.90 Å². The smallest absolute Gasteiger partial charge is 0.259 e. The second-order valence-electron chi connectivity index (χ2n) is 5.19. The standard InChI is InChI=1S/C18H17NO2/c1-13-16-9-5-6-10-17(16)18(21)19(13)15(12-20)11-14-7-3-2-4-8-14/h2-10,15,20H,1,11-12H2/t15-/m0/s1. The summed E-state index contributed by atoms with van der Waals surface area (Å²) in [6.07, 6.45) is 0.607. The highest BCUT2D eigenvalue weighted by Gasteiger charge is 2.35. The number of amides is 1. The average Bonchev–Trinajstić information content (AvgIpc) is 2.78. The van der Waals surface area contributed by atoms with E-state index in [-0.39, 0.29) is 18.6 Å². The van der Waals surface area contributed by atoms with Gasteiger partial charge >= 0.3 is 0 Å². The van der Waals surface area contributed by atoms with Gasteiger partial charge in [0, 0.05) is 16.8 Å². The van der Waals surface area contributed by atoms with Crippen molar-refractivity contribution in [3.8, 4) is 0 Å².